The first-order valence-corrected chi connectivity index (χ1v) is 13.1. The molecule has 38 heavy (non-hydrogen) atoms. The zero-order valence-corrected chi connectivity index (χ0v) is 22.7. The molecule has 1 saturated heterocycles. The highest BCUT2D eigenvalue weighted by atomic mass is 16.5. The average molecular weight is 519 g/mol. The molecule has 2 N–H and O–H groups in total. The molecule has 2 aliphatic rings. The molecule has 1 atom stereocenters. The van der Waals surface area contributed by atoms with E-state index in [2.05, 4.69) is 51.1 Å². The first-order valence-electron chi connectivity index (χ1n) is 13.1. The van der Waals surface area contributed by atoms with E-state index in [1.807, 2.05) is 54.6 Å². The Labute approximate surface area is 224 Å². The van der Waals surface area contributed by atoms with E-state index in [0.717, 1.165) is 62.4 Å². The number of carbonyl (C=O) groups is 2. The number of anilines is 2. The lowest BCUT2D eigenvalue weighted by atomic mass is 10.1. The number of aromatic amines is 1. The van der Waals surface area contributed by atoms with E-state index in [0.29, 0.717) is 17.4 Å². The number of ether oxygens (including phenoxy) is 1. The highest BCUT2D eigenvalue weighted by Crippen LogP contribution is 2.26. The first kappa shape index (κ1) is 27.5. The van der Waals surface area contributed by atoms with Gasteiger partial charge in [-0.05, 0) is 50.7 Å². The minimum absolute atomic E-state index is 0.116. The number of H-pyrrole nitrogens is 1. The van der Waals surface area contributed by atoms with Gasteiger partial charge in [-0.3, -0.25) is 19.7 Å². The van der Waals surface area contributed by atoms with Crippen LogP contribution in [0.3, 0.4) is 0 Å². The molecule has 1 aromatic heterocycles. The zero-order chi connectivity index (χ0) is 27.1. The lowest BCUT2D eigenvalue weighted by Crippen LogP contribution is -2.48. The summed E-state index contributed by atoms with van der Waals surface area (Å²) < 4.78 is 4.92. The maximum atomic E-state index is 12.6. The van der Waals surface area contributed by atoms with Crippen LogP contribution in [0.2, 0.25) is 0 Å². The molecule has 202 valence electrons. The van der Waals surface area contributed by atoms with Gasteiger partial charge in [-0.1, -0.05) is 30.3 Å². The standard InChI is InChI=1S/C20H28N6O.C9H10O2/c1-14(2)25-8-10-26(11-9-25)16-6-4-15(5-7-16)20(27)21-19-17-12-24(3)13-18(17)22-23-19;1-11-9(7-10)8-5-3-2-4-6-8/h4-7,14H,8-13H2,1-3H3,(H2,21,22,23,27);2-7,9H,1H3/t;9-/m.0/s1. The van der Waals surface area contributed by atoms with Crippen molar-refractivity contribution in [2.75, 3.05) is 50.6 Å². The Hall–Kier alpha value is -3.53. The van der Waals surface area contributed by atoms with Crippen molar-refractivity contribution in [1.29, 1.82) is 0 Å². The highest BCUT2D eigenvalue weighted by Gasteiger charge is 2.24. The van der Waals surface area contributed by atoms with Gasteiger partial charge in [0.25, 0.3) is 5.91 Å². The number of piperazine rings is 1. The van der Waals surface area contributed by atoms with Gasteiger partial charge in [0.15, 0.2) is 12.1 Å². The fraction of sp³-hybridized carbons (Fsp3) is 0.414. The molecule has 1 fully saturated rings. The Bertz CT molecular complexity index is 1190. The fourth-order valence-corrected chi connectivity index (χ4v) is 4.81. The lowest BCUT2D eigenvalue weighted by Gasteiger charge is -2.38. The second-order valence-corrected chi connectivity index (χ2v) is 10.0. The number of benzene rings is 2. The van der Waals surface area contributed by atoms with Crippen LogP contribution in [-0.2, 0) is 22.6 Å². The quantitative estimate of drug-likeness (QED) is 0.461. The maximum Gasteiger partial charge on any atom is 0.256 e. The first-order chi connectivity index (χ1) is 18.4. The van der Waals surface area contributed by atoms with Crippen molar-refractivity contribution in [3.05, 3.63) is 77.0 Å². The molecule has 9 heteroatoms. The summed E-state index contributed by atoms with van der Waals surface area (Å²) in [4.78, 5) is 30.1. The molecule has 0 saturated carbocycles. The van der Waals surface area contributed by atoms with Crippen LogP contribution < -0.4 is 10.2 Å². The second kappa shape index (κ2) is 12.8. The molecule has 2 aromatic carbocycles. The van der Waals surface area contributed by atoms with E-state index in [4.69, 9.17) is 4.74 Å². The van der Waals surface area contributed by atoms with E-state index < -0.39 is 6.10 Å². The average Bonchev–Trinajstić information content (AvgIpc) is 3.50. The third kappa shape index (κ3) is 6.66. The number of methoxy groups -OCH3 is 1. The van der Waals surface area contributed by atoms with Gasteiger partial charge in [-0.2, -0.15) is 5.10 Å². The molecule has 0 aliphatic carbocycles. The van der Waals surface area contributed by atoms with Gasteiger partial charge in [-0.15, -0.1) is 0 Å². The molecule has 2 aliphatic heterocycles. The van der Waals surface area contributed by atoms with Gasteiger partial charge in [0.05, 0.1) is 5.69 Å². The molecule has 0 unspecified atom stereocenters. The van der Waals surface area contributed by atoms with Crippen molar-refractivity contribution in [2.45, 2.75) is 39.1 Å². The molecular formula is C29H38N6O3. The van der Waals surface area contributed by atoms with E-state index in [9.17, 15) is 9.59 Å². The van der Waals surface area contributed by atoms with Crippen LogP contribution in [0.1, 0.15) is 47.1 Å². The van der Waals surface area contributed by atoms with E-state index >= 15 is 0 Å². The number of nitrogens with zero attached hydrogens (tertiary/aromatic N) is 4. The maximum absolute atomic E-state index is 12.6. The number of hydrogen-bond donors (Lipinski definition) is 2. The predicted octanol–water partition coefficient (Wildman–Crippen LogP) is 3.71. The largest absolute Gasteiger partial charge is 0.369 e. The number of aromatic nitrogens is 2. The smallest absolute Gasteiger partial charge is 0.256 e. The summed E-state index contributed by atoms with van der Waals surface area (Å²) >= 11 is 0. The van der Waals surface area contributed by atoms with Crippen molar-refractivity contribution in [2.24, 2.45) is 0 Å². The van der Waals surface area contributed by atoms with Gasteiger partial charge in [-0.25, -0.2) is 0 Å². The highest BCUT2D eigenvalue weighted by molar-refractivity contribution is 6.04. The molecule has 5 rings (SSSR count). The molecule has 0 bridgehead atoms. The number of amides is 1. The SMILES string of the molecule is CC(C)N1CCN(c2ccc(C(=O)Nc3n[nH]c4c3CN(C)C4)cc2)CC1.CO[C@@H](C=O)c1ccccc1. The number of rotatable bonds is 7. The minimum Gasteiger partial charge on any atom is -0.369 e. The van der Waals surface area contributed by atoms with E-state index in [1.165, 1.54) is 12.8 Å². The molecule has 1 amide bonds. The van der Waals surface area contributed by atoms with Gasteiger partial charge >= 0.3 is 0 Å². The number of aldehydes is 1. The van der Waals surface area contributed by atoms with Crippen LogP contribution in [0.4, 0.5) is 11.5 Å². The third-order valence-electron chi connectivity index (χ3n) is 7.09. The van der Waals surface area contributed by atoms with Crippen LogP contribution in [0.15, 0.2) is 54.6 Å². The minimum atomic E-state index is -0.420. The van der Waals surface area contributed by atoms with E-state index in [-0.39, 0.29) is 5.91 Å². The van der Waals surface area contributed by atoms with Crippen molar-refractivity contribution >= 4 is 23.7 Å². The van der Waals surface area contributed by atoms with Crippen LogP contribution >= 0.6 is 0 Å². The van der Waals surface area contributed by atoms with Gasteiger partial charge in [0, 0.05) is 69.2 Å². The number of carbonyl (C=O) groups excluding carboxylic acids is 2. The fourth-order valence-electron chi connectivity index (χ4n) is 4.81. The molecule has 9 nitrogen and oxygen atoms in total. The Morgan fingerprint density at radius 1 is 1.03 bits per heavy atom. The van der Waals surface area contributed by atoms with Crippen molar-refractivity contribution in [3.63, 3.8) is 0 Å². The molecular weight excluding hydrogens is 480 g/mol. The summed E-state index contributed by atoms with van der Waals surface area (Å²) in [5.41, 5.74) is 4.90. The Kier molecular flexibility index (Phi) is 9.28. The van der Waals surface area contributed by atoms with Crippen LogP contribution in [-0.4, -0.2) is 78.6 Å². The molecule has 3 aromatic rings. The van der Waals surface area contributed by atoms with Crippen LogP contribution in [0, 0.1) is 0 Å². The number of fused-ring (bicyclic) bond motifs is 1. The second-order valence-electron chi connectivity index (χ2n) is 10.0. The molecule has 0 spiro atoms. The summed E-state index contributed by atoms with van der Waals surface area (Å²) in [6.45, 7) is 10.4. The van der Waals surface area contributed by atoms with Gasteiger partial charge in [0.1, 0.15) is 6.10 Å². The Morgan fingerprint density at radius 3 is 2.32 bits per heavy atom. The monoisotopic (exact) mass is 518 g/mol. The van der Waals surface area contributed by atoms with Gasteiger partial charge < -0.3 is 19.7 Å². The van der Waals surface area contributed by atoms with Crippen molar-refractivity contribution in [3.8, 4) is 0 Å². The summed E-state index contributed by atoms with van der Waals surface area (Å²) in [5.74, 6) is 0.531. The number of nitrogens with one attached hydrogen (secondary N) is 2. The van der Waals surface area contributed by atoms with Crippen LogP contribution in [0.25, 0.3) is 0 Å². The van der Waals surface area contributed by atoms with Crippen molar-refractivity contribution < 1.29 is 14.3 Å². The normalized spacial score (nSPS) is 16.5. The van der Waals surface area contributed by atoms with E-state index in [1.54, 1.807) is 0 Å². The zero-order valence-electron chi connectivity index (χ0n) is 22.7. The Morgan fingerprint density at radius 2 is 1.71 bits per heavy atom. The third-order valence-corrected chi connectivity index (χ3v) is 7.09. The van der Waals surface area contributed by atoms with Gasteiger partial charge in [0.2, 0.25) is 0 Å². The predicted molar refractivity (Wildman–Crippen MR) is 149 cm³/mol. The summed E-state index contributed by atoms with van der Waals surface area (Å²) in [7, 11) is 3.57. The number of hydrogen-bond acceptors (Lipinski definition) is 7. The topological polar surface area (TPSA) is 93.8 Å². The summed E-state index contributed by atoms with van der Waals surface area (Å²) in [6, 6.07) is 17.9. The molecule has 3 heterocycles. The summed E-state index contributed by atoms with van der Waals surface area (Å²) in [6.07, 6.45) is 0.367. The lowest BCUT2D eigenvalue weighted by molar-refractivity contribution is -0.116. The summed E-state index contributed by atoms with van der Waals surface area (Å²) in [5, 5.41) is 10.2. The van der Waals surface area contributed by atoms with Crippen LogP contribution in [0.5, 0.6) is 0 Å². The Balaban J connectivity index is 0.000000257. The van der Waals surface area contributed by atoms with Crippen molar-refractivity contribution in [1.82, 2.24) is 20.0 Å². The molecule has 0 radical (unpaired) electrons.